The summed E-state index contributed by atoms with van der Waals surface area (Å²) in [5.41, 5.74) is -0.411. The first-order valence-corrected chi connectivity index (χ1v) is 9.41. The highest BCUT2D eigenvalue weighted by atomic mass is 16.6. The molecule has 1 heterocycles. The van der Waals surface area contributed by atoms with Crippen LogP contribution in [0.15, 0.2) is 30.3 Å². The van der Waals surface area contributed by atoms with E-state index >= 15 is 0 Å². The monoisotopic (exact) mass is 367 g/mol. The van der Waals surface area contributed by atoms with Crippen LogP contribution in [-0.2, 0) is 9.47 Å². The topological polar surface area (TPSA) is 48.0 Å². The van der Waals surface area contributed by atoms with Gasteiger partial charge in [0.25, 0.3) is 0 Å². The van der Waals surface area contributed by atoms with Crippen molar-refractivity contribution < 1.29 is 19.0 Å². The first kappa shape index (κ1) is 24.2. The van der Waals surface area contributed by atoms with E-state index in [1.165, 1.54) is 0 Å². The SMILES string of the molecule is CC.COCC1CCCN(C(=O)OC(C)(C)C)C1.COc1ccccc1. The molecular formula is C21H37NO4. The van der Waals surface area contributed by atoms with E-state index in [-0.39, 0.29) is 6.09 Å². The van der Waals surface area contributed by atoms with E-state index in [1.807, 2.05) is 65.0 Å². The summed E-state index contributed by atoms with van der Waals surface area (Å²) in [5.74, 6) is 1.36. The Kier molecular flexibility index (Phi) is 12.5. The number of carbonyl (C=O) groups excluding carboxylic acids is 1. The fourth-order valence-electron chi connectivity index (χ4n) is 2.49. The fourth-order valence-corrected chi connectivity index (χ4v) is 2.49. The third-order valence-electron chi connectivity index (χ3n) is 3.55. The van der Waals surface area contributed by atoms with Crippen molar-refractivity contribution in [2.24, 2.45) is 5.92 Å². The summed E-state index contributed by atoms with van der Waals surface area (Å²) >= 11 is 0. The molecule has 0 aliphatic carbocycles. The van der Waals surface area contributed by atoms with Crippen LogP contribution in [0.4, 0.5) is 4.79 Å². The van der Waals surface area contributed by atoms with Crippen molar-refractivity contribution >= 4 is 6.09 Å². The smallest absolute Gasteiger partial charge is 0.410 e. The van der Waals surface area contributed by atoms with Crippen molar-refractivity contribution in [3.05, 3.63) is 30.3 Å². The van der Waals surface area contributed by atoms with E-state index in [1.54, 1.807) is 19.1 Å². The van der Waals surface area contributed by atoms with Crippen LogP contribution < -0.4 is 4.74 Å². The van der Waals surface area contributed by atoms with Crippen LogP contribution in [0.2, 0.25) is 0 Å². The molecule has 1 aromatic carbocycles. The number of amides is 1. The maximum Gasteiger partial charge on any atom is 0.410 e. The van der Waals surface area contributed by atoms with Crippen LogP contribution in [-0.4, -0.2) is 50.5 Å². The first-order valence-electron chi connectivity index (χ1n) is 9.41. The Balaban J connectivity index is 0.000000522. The minimum absolute atomic E-state index is 0.201. The van der Waals surface area contributed by atoms with Crippen molar-refractivity contribution in [3.63, 3.8) is 0 Å². The minimum atomic E-state index is -0.411. The number of hydrogen-bond donors (Lipinski definition) is 0. The molecule has 5 heteroatoms. The Labute approximate surface area is 159 Å². The molecule has 2 rings (SSSR count). The minimum Gasteiger partial charge on any atom is -0.497 e. The second-order valence-electron chi connectivity index (χ2n) is 6.91. The summed E-state index contributed by atoms with van der Waals surface area (Å²) in [7, 11) is 3.36. The molecule has 1 atom stereocenters. The zero-order valence-electron chi connectivity index (χ0n) is 17.6. The summed E-state index contributed by atoms with van der Waals surface area (Å²) in [5, 5.41) is 0. The van der Waals surface area contributed by atoms with Gasteiger partial charge >= 0.3 is 6.09 Å². The highest BCUT2D eigenvalue weighted by Gasteiger charge is 2.27. The summed E-state index contributed by atoms with van der Waals surface area (Å²) in [6.45, 7) is 11.9. The zero-order valence-corrected chi connectivity index (χ0v) is 17.6. The summed E-state index contributed by atoms with van der Waals surface area (Å²) in [6.07, 6.45) is 1.97. The van der Waals surface area contributed by atoms with Crippen LogP contribution in [0.3, 0.4) is 0 Å². The number of carbonyl (C=O) groups is 1. The Morgan fingerprint density at radius 1 is 1.15 bits per heavy atom. The molecule has 0 aromatic heterocycles. The van der Waals surface area contributed by atoms with E-state index in [0.717, 1.165) is 38.3 Å². The Morgan fingerprint density at radius 2 is 1.77 bits per heavy atom. The maximum atomic E-state index is 11.8. The van der Waals surface area contributed by atoms with Gasteiger partial charge in [0.1, 0.15) is 11.4 Å². The van der Waals surface area contributed by atoms with Crippen LogP contribution in [0.5, 0.6) is 5.75 Å². The van der Waals surface area contributed by atoms with Crippen molar-refractivity contribution in [3.8, 4) is 5.75 Å². The lowest BCUT2D eigenvalue weighted by Crippen LogP contribution is -2.43. The number of likely N-dealkylation sites (tertiary alicyclic amines) is 1. The molecule has 0 saturated carbocycles. The third-order valence-corrected chi connectivity index (χ3v) is 3.55. The molecule has 1 unspecified atom stereocenters. The molecule has 0 N–H and O–H groups in total. The molecule has 1 amide bonds. The number of piperidine rings is 1. The number of methoxy groups -OCH3 is 2. The molecule has 5 nitrogen and oxygen atoms in total. The molecule has 1 saturated heterocycles. The normalized spacial score (nSPS) is 16.4. The van der Waals surface area contributed by atoms with Gasteiger partial charge in [-0.05, 0) is 45.7 Å². The van der Waals surface area contributed by atoms with E-state index in [9.17, 15) is 4.79 Å². The Hall–Kier alpha value is -1.75. The number of hydrogen-bond acceptors (Lipinski definition) is 4. The van der Waals surface area contributed by atoms with Gasteiger partial charge in [-0.25, -0.2) is 4.79 Å². The predicted octanol–water partition coefficient (Wildman–Crippen LogP) is 5.00. The second kappa shape index (κ2) is 13.5. The third kappa shape index (κ3) is 11.0. The first-order chi connectivity index (χ1) is 12.4. The van der Waals surface area contributed by atoms with Gasteiger partial charge in [-0.2, -0.15) is 0 Å². The molecule has 0 bridgehead atoms. The van der Waals surface area contributed by atoms with Crippen LogP contribution in [0.25, 0.3) is 0 Å². The fraction of sp³-hybridized carbons (Fsp3) is 0.667. The zero-order chi connectivity index (χ0) is 20.0. The molecule has 1 aliphatic rings. The van der Waals surface area contributed by atoms with E-state index < -0.39 is 5.60 Å². The van der Waals surface area contributed by atoms with Crippen molar-refractivity contribution in [1.29, 1.82) is 0 Å². The highest BCUT2D eigenvalue weighted by Crippen LogP contribution is 2.19. The van der Waals surface area contributed by atoms with Gasteiger partial charge in [-0.15, -0.1) is 0 Å². The van der Waals surface area contributed by atoms with Crippen molar-refractivity contribution in [1.82, 2.24) is 4.90 Å². The molecule has 0 radical (unpaired) electrons. The number of rotatable bonds is 3. The van der Waals surface area contributed by atoms with Gasteiger partial charge in [0, 0.05) is 26.1 Å². The molecule has 1 aromatic rings. The van der Waals surface area contributed by atoms with Crippen molar-refractivity contribution in [2.45, 2.75) is 53.1 Å². The quantitative estimate of drug-likeness (QED) is 0.754. The summed E-state index contributed by atoms with van der Waals surface area (Å²) in [6, 6.07) is 9.68. The van der Waals surface area contributed by atoms with Gasteiger partial charge in [-0.1, -0.05) is 32.0 Å². The highest BCUT2D eigenvalue weighted by molar-refractivity contribution is 5.68. The van der Waals surface area contributed by atoms with Crippen molar-refractivity contribution in [2.75, 3.05) is 33.9 Å². The number of nitrogens with zero attached hydrogens (tertiary/aromatic N) is 1. The average molecular weight is 368 g/mol. The summed E-state index contributed by atoms with van der Waals surface area (Å²) in [4.78, 5) is 13.6. The van der Waals surface area contributed by atoms with Gasteiger partial charge in [0.15, 0.2) is 0 Å². The molecule has 1 aliphatic heterocycles. The van der Waals surface area contributed by atoms with Crippen LogP contribution >= 0.6 is 0 Å². The number of benzene rings is 1. The maximum absolute atomic E-state index is 11.8. The lowest BCUT2D eigenvalue weighted by Gasteiger charge is -2.33. The molecule has 0 spiro atoms. The van der Waals surface area contributed by atoms with Gasteiger partial charge in [0.05, 0.1) is 13.7 Å². The van der Waals surface area contributed by atoms with E-state index in [0.29, 0.717) is 5.92 Å². The molecule has 26 heavy (non-hydrogen) atoms. The van der Waals surface area contributed by atoms with Gasteiger partial charge in [-0.3, -0.25) is 0 Å². The van der Waals surface area contributed by atoms with Crippen LogP contribution in [0.1, 0.15) is 47.5 Å². The summed E-state index contributed by atoms with van der Waals surface area (Å²) < 4.78 is 15.4. The molecule has 150 valence electrons. The van der Waals surface area contributed by atoms with Crippen LogP contribution in [0, 0.1) is 5.92 Å². The second-order valence-corrected chi connectivity index (χ2v) is 6.91. The van der Waals surface area contributed by atoms with Gasteiger partial charge < -0.3 is 19.1 Å². The largest absolute Gasteiger partial charge is 0.497 e. The van der Waals surface area contributed by atoms with Gasteiger partial charge in [0.2, 0.25) is 0 Å². The standard InChI is InChI=1S/C12H23NO3.C7H8O.C2H6/c1-12(2,3)16-11(14)13-7-5-6-10(8-13)9-15-4;1-8-7-5-3-2-4-6-7;1-2/h10H,5-9H2,1-4H3;2-6H,1H3;1-2H3. The predicted molar refractivity (Wildman–Crippen MR) is 107 cm³/mol. The Bertz CT molecular complexity index is 469. The lowest BCUT2D eigenvalue weighted by atomic mass is 9.99. The lowest BCUT2D eigenvalue weighted by molar-refractivity contribution is 0.0109. The molecule has 1 fully saturated rings. The molecular weight excluding hydrogens is 330 g/mol. The van der Waals surface area contributed by atoms with E-state index in [4.69, 9.17) is 14.2 Å². The Morgan fingerprint density at radius 3 is 2.23 bits per heavy atom. The van der Waals surface area contributed by atoms with E-state index in [2.05, 4.69) is 0 Å². The number of para-hydroxylation sites is 1. The number of ether oxygens (including phenoxy) is 3. The average Bonchev–Trinajstić information content (AvgIpc) is 2.64.